The van der Waals surface area contributed by atoms with Gasteiger partial charge in [-0.05, 0) is 79.8 Å². The average molecular weight is 635 g/mol. The molecule has 4 fully saturated rings. The van der Waals surface area contributed by atoms with E-state index in [0.717, 1.165) is 82.6 Å². The maximum Gasteiger partial charge on any atom is 0.317 e. The molecule has 2 aliphatic carbocycles. The Hall–Kier alpha value is -3.97. The second kappa shape index (κ2) is 11.3. The van der Waals surface area contributed by atoms with E-state index in [-0.39, 0.29) is 40.1 Å². The number of phenols is 1. The molecule has 2 saturated heterocycles. The quantitative estimate of drug-likeness (QED) is 0.264. The lowest BCUT2D eigenvalue weighted by molar-refractivity contribution is 0.0231. The Morgan fingerprint density at radius 2 is 1.98 bits per heavy atom. The number of benzene rings is 3. The molecule has 3 aromatic carbocycles. The van der Waals surface area contributed by atoms with Crippen LogP contribution in [-0.4, -0.2) is 78.6 Å². The smallest absolute Gasteiger partial charge is 0.317 e. The zero-order chi connectivity index (χ0) is 31.7. The lowest BCUT2D eigenvalue weighted by Gasteiger charge is -2.30. The summed E-state index contributed by atoms with van der Waals surface area (Å²) in [6.45, 7) is 6.35. The molecule has 4 heterocycles. The predicted octanol–water partition coefficient (Wildman–Crippen LogP) is 5.63. The van der Waals surface area contributed by atoms with Crippen LogP contribution in [0.5, 0.6) is 17.5 Å². The first-order chi connectivity index (χ1) is 23.0. The number of aromatic nitrogens is 2. The topological polar surface area (TPSA) is 89.0 Å². The maximum atomic E-state index is 17.2. The van der Waals surface area contributed by atoms with Gasteiger partial charge >= 0.3 is 6.01 Å². The molecule has 0 spiro atoms. The van der Waals surface area contributed by atoms with Crippen LogP contribution in [0.4, 0.5) is 4.39 Å². The van der Waals surface area contributed by atoms with Gasteiger partial charge in [-0.15, -0.1) is 6.42 Å². The predicted molar refractivity (Wildman–Crippen MR) is 177 cm³/mol. The molecule has 0 amide bonds. The number of fused-ring (bicyclic) bond motifs is 6. The van der Waals surface area contributed by atoms with Gasteiger partial charge in [-0.2, -0.15) is 9.97 Å². The van der Waals surface area contributed by atoms with Gasteiger partial charge in [0.1, 0.15) is 17.0 Å². The standard InChI is InChI=1S/C38H39FN4O4/c1-2-23-4-3-5-24-15-25(44)16-27(32(23)24)28-17-31-33-35(26-7-6-22-14-30(40-18-22)29(26)19-46-31)41-37(42-36(33)34(28)39)47-21-38(8-9-38)20-43-10-12-45-13-11-43/h1,3-5,15-17,22,26,29-30,40,44H,6-14,18-21H2/t22-,26?,29+,30-/m0/s1. The van der Waals surface area contributed by atoms with E-state index in [1.54, 1.807) is 18.2 Å². The van der Waals surface area contributed by atoms with Crippen LogP contribution in [0.25, 0.3) is 32.8 Å². The molecule has 9 rings (SSSR count). The van der Waals surface area contributed by atoms with Crippen molar-refractivity contribution < 1.29 is 23.7 Å². The Balaban J connectivity index is 1.19. The van der Waals surface area contributed by atoms with Gasteiger partial charge in [-0.25, -0.2) is 4.39 Å². The van der Waals surface area contributed by atoms with Crippen molar-refractivity contribution in [1.82, 2.24) is 20.2 Å². The van der Waals surface area contributed by atoms with Gasteiger partial charge in [-0.1, -0.05) is 18.1 Å². The third kappa shape index (κ3) is 5.09. The summed E-state index contributed by atoms with van der Waals surface area (Å²) in [7, 11) is 0. The van der Waals surface area contributed by atoms with Crippen LogP contribution < -0.4 is 14.8 Å². The molecular weight excluding hydrogens is 595 g/mol. The molecule has 2 N–H and O–H groups in total. The van der Waals surface area contributed by atoms with E-state index in [4.69, 9.17) is 30.6 Å². The van der Waals surface area contributed by atoms with E-state index in [9.17, 15) is 5.11 Å². The largest absolute Gasteiger partial charge is 0.508 e. The Labute approximate surface area is 273 Å². The Morgan fingerprint density at radius 3 is 2.81 bits per heavy atom. The third-order valence-corrected chi connectivity index (χ3v) is 11.4. The van der Waals surface area contributed by atoms with E-state index in [0.29, 0.717) is 52.8 Å². The third-order valence-electron chi connectivity index (χ3n) is 11.4. The number of aromatic hydroxyl groups is 1. The monoisotopic (exact) mass is 634 g/mol. The van der Waals surface area contributed by atoms with Gasteiger partial charge < -0.3 is 24.6 Å². The van der Waals surface area contributed by atoms with Crippen LogP contribution in [0.15, 0.2) is 36.4 Å². The molecular formula is C38H39FN4O4. The number of rotatable bonds is 6. The molecule has 8 nitrogen and oxygen atoms in total. The summed E-state index contributed by atoms with van der Waals surface area (Å²) in [6.07, 6.45) is 11.3. The van der Waals surface area contributed by atoms with Crippen molar-refractivity contribution in [3.8, 4) is 41.0 Å². The molecule has 4 atom stereocenters. The summed E-state index contributed by atoms with van der Waals surface area (Å²) in [5, 5.41) is 16.5. The summed E-state index contributed by atoms with van der Waals surface area (Å²) < 4.78 is 35.8. The molecule has 242 valence electrons. The minimum Gasteiger partial charge on any atom is -0.508 e. The van der Waals surface area contributed by atoms with E-state index in [1.165, 1.54) is 0 Å². The lowest BCUT2D eigenvalue weighted by Crippen LogP contribution is -2.41. The maximum absolute atomic E-state index is 17.2. The van der Waals surface area contributed by atoms with Crippen LogP contribution in [0.3, 0.4) is 0 Å². The van der Waals surface area contributed by atoms with Gasteiger partial charge in [0, 0.05) is 59.4 Å². The SMILES string of the molecule is C#Cc1cccc2cc(O)cc(-c3cc4c5c(nc(OCC6(CN7CCOCC7)CC6)nc5c3F)C3CC[C@@H]5CN[C@@H](C5)[C@@H]3CO4)c12. The molecule has 3 aliphatic heterocycles. The zero-order valence-corrected chi connectivity index (χ0v) is 26.4. The Morgan fingerprint density at radius 1 is 1.11 bits per heavy atom. The van der Waals surface area contributed by atoms with Gasteiger partial charge in [-0.3, -0.25) is 4.90 Å². The highest BCUT2D eigenvalue weighted by Gasteiger charge is 2.46. The number of terminal acetylenes is 1. The number of nitrogens with one attached hydrogen (secondary N) is 1. The van der Waals surface area contributed by atoms with Crippen molar-refractivity contribution in [2.75, 3.05) is 52.6 Å². The fraction of sp³-hybridized carbons (Fsp3) is 0.474. The first-order valence-electron chi connectivity index (χ1n) is 17.0. The Kier molecular flexibility index (Phi) is 7.04. The number of phenolic OH excluding ortho intramolecular Hbond substituents is 1. The fourth-order valence-electron chi connectivity index (χ4n) is 8.67. The lowest BCUT2D eigenvalue weighted by atomic mass is 9.82. The minimum absolute atomic E-state index is 0.0273. The van der Waals surface area contributed by atoms with E-state index >= 15 is 4.39 Å². The number of ether oxygens (including phenoxy) is 3. The van der Waals surface area contributed by atoms with Gasteiger partial charge in [0.2, 0.25) is 0 Å². The van der Waals surface area contributed by atoms with E-state index < -0.39 is 5.82 Å². The average Bonchev–Trinajstić information content (AvgIpc) is 3.76. The normalized spacial score (nSPS) is 26.2. The fourth-order valence-corrected chi connectivity index (χ4v) is 8.67. The van der Waals surface area contributed by atoms with Crippen molar-refractivity contribution in [1.29, 1.82) is 0 Å². The summed E-state index contributed by atoms with van der Waals surface area (Å²) in [4.78, 5) is 12.4. The highest BCUT2D eigenvalue weighted by molar-refractivity contribution is 6.04. The van der Waals surface area contributed by atoms with Crippen LogP contribution >= 0.6 is 0 Å². The van der Waals surface area contributed by atoms with Crippen LogP contribution in [0.2, 0.25) is 0 Å². The van der Waals surface area contributed by atoms with Crippen molar-refractivity contribution in [2.45, 2.75) is 44.1 Å². The summed E-state index contributed by atoms with van der Waals surface area (Å²) in [6, 6.07) is 11.1. The molecule has 5 aliphatic rings. The molecule has 4 aromatic rings. The highest BCUT2D eigenvalue weighted by atomic mass is 19.1. The first-order valence-corrected chi connectivity index (χ1v) is 17.0. The molecule has 9 heteroatoms. The molecule has 0 radical (unpaired) electrons. The van der Waals surface area contributed by atoms with E-state index in [1.807, 2.05) is 18.2 Å². The van der Waals surface area contributed by atoms with Crippen molar-refractivity contribution in [3.05, 3.63) is 53.5 Å². The molecule has 2 saturated carbocycles. The summed E-state index contributed by atoms with van der Waals surface area (Å²) in [5.41, 5.74) is 2.46. The molecule has 1 unspecified atom stereocenters. The first kappa shape index (κ1) is 29.2. The highest BCUT2D eigenvalue weighted by Crippen LogP contribution is 2.50. The van der Waals surface area contributed by atoms with Crippen LogP contribution in [0, 0.1) is 35.4 Å². The molecule has 2 bridgehead atoms. The van der Waals surface area contributed by atoms with Crippen molar-refractivity contribution >= 4 is 21.7 Å². The number of morpholine rings is 1. The summed E-state index contributed by atoms with van der Waals surface area (Å²) >= 11 is 0. The van der Waals surface area contributed by atoms with E-state index in [2.05, 4.69) is 16.1 Å². The van der Waals surface area contributed by atoms with Gasteiger partial charge in [0.25, 0.3) is 0 Å². The van der Waals surface area contributed by atoms with Gasteiger partial charge in [0.15, 0.2) is 5.82 Å². The van der Waals surface area contributed by atoms with Crippen LogP contribution in [-0.2, 0) is 4.74 Å². The van der Waals surface area contributed by atoms with Crippen molar-refractivity contribution in [2.24, 2.45) is 17.3 Å². The summed E-state index contributed by atoms with van der Waals surface area (Å²) in [5.74, 6) is 3.75. The van der Waals surface area contributed by atoms with Crippen molar-refractivity contribution in [3.63, 3.8) is 0 Å². The van der Waals surface area contributed by atoms with Gasteiger partial charge in [0.05, 0.1) is 37.5 Å². The minimum atomic E-state index is -0.499. The number of halogens is 1. The number of hydrogen-bond acceptors (Lipinski definition) is 8. The second-order valence-corrected chi connectivity index (χ2v) is 14.3. The van der Waals surface area contributed by atoms with Crippen LogP contribution in [0.1, 0.15) is 49.3 Å². The molecule has 47 heavy (non-hydrogen) atoms. The second-order valence-electron chi connectivity index (χ2n) is 14.3. The zero-order valence-electron chi connectivity index (χ0n) is 26.4. The number of hydrogen-bond donors (Lipinski definition) is 2. The number of nitrogens with zero attached hydrogens (tertiary/aromatic N) is 3. The molecule has 1 aromatic heterocycles. The Bertz CT molecular complexity index is 1930.